The SMILES string of the molecule is COc1ccc(-c2ccc(-n3nnnc3C(F)(F)F)cc2)cc1C=O. The number of hydrogen-bond acceptors (Lipinski definition) is 5. The highest BCUT2D eigenvalue weighted by molar-refractivity contribution is 5.83. The normalized spacial score (nSPS) is 11.4. The van der Waals surface area contributed by atoms with Crippen molar-refractivity contribution in [3.8, 4) is 22.6 Å². The molecule has 0 unspecified atom stereocenters. The fraction of sp³-hybridized carbons (Fsp3) is 0.125. The molecular formula is C16H11F3N4O2. The predicted octanol–water partition coefficient (Wildman–Crippen LogP) is 3.17. The van der Waals surface area contributed by atoms with Crippen LogP contribution >= 0.6 is 0 Å². The first-order valence-electron chi connectivity index (χ1n) is 7.03. The molecule has 2 aromatic carbocycles. The van der Waals surface area contributed by atoms with Gasteiger partial charge in [-0.25, -0.2) is 0 Å². The third-order valence-electron chi connectivity index (χ3n) is 3.52. The van der Waals surface area contributed by atoms with Crippen LogP contribution in [0.15, 0.2) is 42.5 Å². The Balaban J connectivity index is 1.96. The molecule has 0 aliphatic rings. The Morgan fingerprint density at radius 1 is 1.08 bits per heavy atom. The van der Waals surface area contributed by atoms with Crippen molar-refractivity contribution >= 4 is 6.29 Å². The zero-order valence-electron chi connectivity index (χ0n) is 12.9. The summed E-state index contributed by atoms with van der Waals surface area (Å²) in [6.07, 6.45) is -3.98. The number of halogens is 3. The summed E-state index contributed by atoms with van der Waals surface area (Å²) in [7, 11) is 1.46. The molecule has 0 N–H and O–H groups in total. The van der Waals surface area contributed by atoms with E-state index in [2.05, 4.69) is 15.5 Å². The molecule has 3 aromatic rings. The van der Waals surface area contributed by atoms with Crippen molar-refractivity contribution in [3.05, 3.63) is 53.9 Å². The van der Waals surface area contributed by atoms with Gasteiger partial charge in [-0.15, -0.1) is 5.10 Å². The van der Waals surface area contributed by atoms with Gasteiger partial charge in [-0.3, -0.25) is 4.79 Å². The molecule has 0 fully saturated rings. The Hall–Kier alpha value is -3.23. The number of carbonyl (C=O) groups is 1. The highest BCUT2D eigenvalue weighted by atomic mass is 19.4. The van der Waals surface area contributed by atoms with Crippen molar-refractivity contribution in [2.24, 2.45) is 0 Å². The molecule has 0 saturated carbocycles. The van der Waals surface area contributed by atoms with Gasteiger partial charge in [0, 0.05) is 0 Å². The molecule has 0 aliphatic carbocycles. The quantitative estimate of drug-likeness (QED) is 0.678. The second-order valence-corrected chi connectivity index (χ2v) is 5.03. The monoisotopic (exact) mass is 348 g/mol. The van der Waals surface area contributed by atoms with E-state index < -0.39 is 12.0 Å². The summed E-state index contributed by atoms with van der Waals surface area (Å²) in [6, 6.07) is 11.2. The fourth-order valence-corrected chi connectivity index (χ4v) is 2.34. The van der Waals surface area contributed by atoms with Gasteiger partial charge in [0.05, 0.1) is 18.4 Å². The lowest BCUT2D eigenvalue weighted by molar-refractivity contribution is -0.146. The van der Waals surface area contributed by atoms with Gasteiger partial charge < -0.3 is 4.74 Å². The summed E-state index contributed by atoms with van der Waals surface area (Å²) in [5.41, 5.74) is 1.99. The predicted molar refractivity (Wildman–Crippen MR) is 81.5 cm³/mol. The number of nitrogens with zero attached hydrogens (tertiary/aromatic N) is 4. The van der Waals surface area contributed by atoms with E-state index in [4.69, 9.17) is 4.74 Å². The lowest BCUT2D eigenvalue weighted by Crippen LogP contribution is -2.14. The maximum absolute atomic E-state index is 12.9. The van der Waals surface area contributed by atoms with E-state index in [1.807, 2.05) is 0 Å². The number of rotatable bonds is 4. The first-order chi connectivity index (χ1) is 11.9. The van der Waals surface area contributed by atoms with E-state index in [1.54, 1.807) is 30.3 Å². The minimum atomic E-state index is -4.66. The number of aldehydes is 1. The number of alkyl halides is 3. The third kappa shape index (κ3) is 3.21. The van der Waals surface area contributed by atoms with Crippen LogP contribution in [0.2, 0.25) is 0 Å². The van der Waals surface area contributed by atoms with Gasteiger partial charge in [0.25, 0.3) is 5.82 Å². The van der Waals surface area contributed by atoms with Crippen molar-refractivity contribution in [1.82, 2.24) is 20.2 Å². The van der Waals surface area contributed by atoms with Crippen LogP contribution in [0.4, 0.5) is 13.2 Å². The van der Waals surface area contributed by atoms with Crippen molar-refractivity contribution in [1.29, 1.82) is 0 Å². The first-order valence-corrected chi connectivity index (χ1v) is 7.03. The van der Waals surface area contributed by atoms with E-state index in [0.29, 0.717) is 22.3 Å². The maximum atomic E-state index is 12.9. The topological polar surface area (TPSA) is 69.9 Å². The standard InChI is InChI=1S/C16H11F3N4O2/c1-25-14-7-4-11(8-12(14)9-24)10-2-5-13(6-3-10)23-15(16(17,18)19)20-21-22-23/h2-9H,1H3. The summed E-state index contributed by atoms with van der Waals surface area (Å²) in [4.78, 5) is 11.1. The molecule has 1 heterocycles. The lowest BCUT2D eigenvalue weighted by Gasteiger charge is -2.09. The Morgan fingerprint density at radius 2 is 1.76 bits per heavy atom. The molecule has 6 nitrogen and oxygen atoms in total. The molecule has 0 atom stereocenters. The molecule has 0 radical (unpaired) electrons. The molecule has 3 rings (SSSR count). The minimum absolute atomic E-state index is 0.171. The van der Waals surface area contributed by atoms with Gasteiger partial charge in [-0.1, -0.05) is 18.2 Å². The number of tetrazole rings is 1. The number of hydrogen-bond donors (Lipinski definition) is 0. The molecule has 0 spiro atoms. The van der Waals surface area contributed by atoms with Crippen LogP contribution in [0.25, 0.3) is 16.8 Å². The van der Waals surface area contributed by atoms with Crippen LogP contribution in [-0.4, -0.2) is 33.6 Å². The van der Waals surface area contributed by atoms with Crippen molar-refractivity contribution in [3.63, 3.8) is 0 Å². The number of carbonyl (C=O) groups excluding carboxylic acids is 1. The van der Waals surface area contributed by atoms with Gasteiger partial charge in [-0.05, 0) is 45.8 Å². The zero-order chi connectivity index (χ0) is 18.0. The summed E-state index contributed by atoms with van der Waals surface area (Å²) in [5, 5.41) is 9.47. The average molecular weight is 348 g/mol. The fourth-order valence-electron chi connectivity index (χ4n) is 2.34. The van der Waals surface area contributed by atoms with Crippen LogP contribution in [0, 0.1) is 0 Å². The van der Waals surface area contributed by atoms with Crippen molar-refractivity contribution in [2.45, 2.75) is 6.18 Å². The van der Waals surface area contributed by atoms with Crippen molar-refractivity contribution < 1.29 is 22.7 Å². The Bertz CT molecular complexity index is 904. The number of benzene rings is 2. The molecule has 1 aromatic heterocycles. The van der Waals surface area contributed by atoms with Gasteiger partial charge in [-0.2, -0.15) is 17.9 Å². The van der Waals surface area contributed by atoms with Gasteiger partial charge in [0.2, 0.25) is 0 Å². The average Bonchev–Trinajstić information content (AvgIpc) is 3.11. The molecule has 25 heavy (non-hydrogen) atoms. The molecule has 128 valence electrons. The van der Waals surface area contributed by atoms with Crippen LogP contribution in [-0.2, 0) is 6.18 Å². The van der Waals surface area contributed by atoms with Crippen LogP contribution in [0.1, 0.15) is 16.2 Å². The second kappa shape index (κ2) is 6.34. The number of aromatic nitrogens is 4. The highest BCUT2D eigenvalue weighted by Crippen LogP contribution is 2.30. The minimum Gasteiger partial charge on any atom is -0.496 e. The molecule has 0 bridgehead atoms. The Kier molecular flexibility index (Phi) is 4.22. The highest BCUT2D eigenvalue weighted by Gasteiger charge is 2.38. The van der Waals surface area contributed by atoms with Crippen molar-refractivity contribution in [2.75, 3.05) is 7.11 Å². The van der Waals surface area contributed by atoms with E-state index in [0.717, 1.165) is 11.1 Å². The van der Waals surface area contributed by atoms with Gasteiger partial charge in [0.1, 0.15) is 5.75 Å². The third-order valence-corrected chi connectivity index (χ3v) is 3.52. The molecular weight excluding hydrogens is 337 g/mol. The summed E-state index contributed by atoms with van der Waals surface area (Å²) in [6.45, 7) is 0. The lowest BCUT2D eigenvalue weighted by atomic mass is 10.0. The van der Waals surface area contributed by atoms with E-state index in [1.165, 1.54) is 19.2 Å². The van der Waals surface area contributed by atoms with Gasteiger partial charge in [0.15, 0.2) is 6.29 Å². The first kappa shape index (κ1) is 16.6. The van der Waals surface area contributed by atoms with Crippen LogP contribution in [0.5, 0.6) is 5.75 Å². The number of methoxy groups -OCH3 is 1. The van der Waals surface area contributed by atoms with E-state index in [-0.39, 0.29) is 5.69 Å². The second-order valence-electron chi connectivity index (χ2n) is 5.03. The Labute approximate surface area is 139 Å². The van der Waals surface area contributed by atoms with Gasteiger partial charge >= 0.3 is 6.18 Å². The van der Waals surface area contributed by atoms with E-state index in [9.17, 15) is 18.0 Å². The van der Waals surface area contributed by atoms with Crippen LogP contribution < -0.4 is 4.74 Å². The largest absolute Gasteiger partial charge is 0.496 e. The smallest absolute Gasteiger partial charge is 0.453 e. The number of ether oxygens (including phenoxy) is 1. The Morgan fingerprint density at radius 3 is 2.36 bits per heavy atom. The summed E-state index contributed by atoms with van der Waals surface area (Å²) in [5.74, 6) is -0.758. The summed E-state index contributed by atoms with van der Waals surface area (Å²) < 4.78 is 44.3. The molecule has 0 aliphatic heterocycles. The zero-order valence-corrected chi connectivity index (χ0v) is 12.9. The van der Waals surface area contributed by atoms with E-state index >= 15 is 0 Å². The maximum Gasteiger partial charge on any atom is 0.453 e. The molecule has 0 amide bonds. The van der Waals surface area contributed by atoms with Crippen LogP contribution in [0.3, 0.4) is 0 Å². The molecule has 9 heteroatoms. The summed E-state index contributed by atoms with van der Waals surface area (Å²) >= 11 is 0. The molecule has 0 saturated heterocycles.